The molecule has 1 atom stereocenters. The monoisotopic (exact) mass is 541 g/mol. The van der Waals surface area contributed by atoms with Crippen LogP contribution in [-0.2, 0) is 15.3 Å². The molecule has 6 nitrogen and oxygen atoms in total. The van der Waals surface area contributed by atoms with E-state index in [-0.39, 0.29) is 12.3 Å². The topological polar surface area (TPSA) is 72.3 Å². The van der Waals surface area contributed by atoms with Crippen LogP contribution in [0, 0.1) is 5.82 Å². The molecule has 0 aliphatic carbocycles. The molecule has 0 saturated heterocycles. The summed E-state index contributed by atoms with van der Waals surface area (Å²) in [7, 11) is 1.37. The van der Waals surface area contributed by atoms with Crippen molar-refractivity contribution in [2.24, 2.45) is 10.3 Å². The first-order chi connectivity index (χ1) is 17.1. The van der Waals surface area contributed by atoms with Crippen LogP contribution in [0.3, 0.4) is 0 Å². The fraction of sp³-hybridized carbons (Fsp3) is 0.208. The van der Waals surface area contributed by atoms with E-state index in [9.17, 15) is 22.4 Å². The fourth-order valence-corrected chi connectivity index (χ4v) is 4.42. The summed E-state index contributed by atoms with van der Waals surface area (Å²) in [6.07, 6.45) is -4.30. The average Bonchev–Trinajstić information content (AvgIpc) is 3.31. The third-order valence-electron chi connectivity index (χ3n) is 5.65. The summed E-state index contributed by atoms with van der Waals surface area (Å²) in [4.78, 5) is 22.3. The summed E-state index contributed by atoms with van der Waals surface area (Å²) < 4.78 is 57.0. The number of carbonyl (C=O) groups is 1. The Morgan fingerprint density at radius 1 is 1.19 bits per heavy atom. The first kappa shape index (κ1) is 25.7. The number of fused-ring (bicyclic) bond motifs is 1. The van der Waals surface area contributed by atoms with Crippen molar-refractivity contribution in [1.29, 1.82) is 0 Å². The van der Waals surface area contributed by atoms with Crippen LogP contribution in [0.15, 0.2) is 58.8 Å². The Morgan fingerprint density at radius 2 is 1.86 bits per heavy atom. The smallest absolute Gasteiger partial charge is 0.399 e. The van der Waals surface area contributed by atoms with E-state index in [1.807, 2.05) is 0 Å². The minimum atomic E-state index is -4.94. The van der Waals surface area contributed by atoms with E-state index in [2.05, 4.69) is 20.5 Å². The van der Waals surface area contributed by atoms with Crippen LogP contribution in [0.5, 0.6) is 0 Å². The molecule has 1 heterocycles. The molecular formula is C24H17Cl2F4N3O3. The summed E-state index contributed by atoms with van der Waals surface area (Å²) in [5, 5.41) is 9.80. The van der Waals surface area contributed by atoms with Crippen molar-refractivity contribution in [2.75, 3.05) is 13.7 Å². The minimum Gasteiger partial charge on any atom is -0.399 e. The highest BCUT2D eigenvalue weighted by molar-refractivity contribution is 6.35. The van der Waals surface area contributed by atoms with Crippen LogP contribution in [0.1, 0.15) is 27.9 Å². The Morgan fingerprint density at radius 3 is 2.50 bits per heavy atom. The predicted octanol–water partition coefficient (Wildman–Crippen LogP) is 6.23. The second-order valence-corrected chi connectivity index (χ2v) is 8.59. The van der Waals surface area contributed by atoms with Crippen LogP contribution in [0.2, 0.25) is 10.0 Å². The first-order valence-corrected chi connectivity index (χ1v) is 11.2. The standard InChI is InChI=1S/C24H17Cl2F4N3O3/c1-35-32-9-8-31-22(34)17-7-6-16(14-4-2-3-5-15(14)17)20-12-23(36-33-20,24(28,29)30)13-10-18(25)21(27)19(26)11-13/h2-7,9-11H,8,12H2,1H3,(H,31,34). The summed E-state index contributed by atoms with van der Waals surface area (Å²) in [5.41, 5.74) is -2.78. The van der Waals surface area contributed by atoms with Crippen LogP contribution < -0.4 is 5.32 Å². The van der Waals surface area contributed by atoms with Crippen LogP contribution in [-0.4, -0.2) is 37.7 Å². The second kappa shape index (κ2) is 9.94. The van der Waals surface area contributed by atoms with Crippen molar-refractivity contribution in [3.8, 4) is 0 Å². The van der Waals surface area contributed by atoms with Crippen molar-refractivity contribution in [3.05, 3.63) is 81.1 Å². The summed E-state index contributed by atoms with van der Waals surface area (Å²) in [5.74, 6) is -1.45. The Labute approximate surface area is 212 Å². The molecule has 188 valence electrons. The van der Waals surface area contributed by atoms with Crippen molar-refractivity contribution in [1.82, 2.24) is 5.32 Å². The predicted molar refractivity (Wildman–Crippen MR) is 128 cm³/mol. The van der Waals surface area contributed by atoms with Crippen molar-refractivity contribution >= 4 is 51.8 Å². The number of benzene rings is 3. The number of hydrogen-bond donors (Lipinski definition) is 1. The molecule has 36 heavy (non-hydrogen) atoms. The van der Waals surface area contributed by atoms with Gasteiger partial charge in [-0.05, 0) is 29.0 Å². The third-order valence-corrected chi connectivity index (χ3v) is 6.20. The van der Waals surface area contributed by atoms with Gasteiger partial charge in [-0.15, -0.1) is 0 Å². The Bertz CT molecular complexity index is 1370. The largest absolute Gasteiger partial charge is 0.435 e. The van der Waals surface area contributed by atoms with Gasteiger partial charge in [-0.3, -0.25) is 4.79 Å². The summed E-state index contributed by atoms with van der Waals surface area (Å²) in [6, 6.07) is 11.4. The molecule has 0 radical (unpaired) electrons. The zero-order valence-electron chi connectivity index (χ0n) is 18.5. The molecule has 3 aromatic carbocycles. The lowest BCUT2D eigenvalue weighted by Gasteiger charge is -2.29. The maximum absolute atomic E-state index is 14.4. The molecule has 0 saturated carbocycles. The highest BCUT2D eigenvalue weighted by atomic mass is 35.5. The molecule has 1 aliphatic heterocycles. The van der Waals surface area contributed by atoms with Crippen molar-refractivity contribution < 1.29 is 32.0 Å². The van der Waals surface area contributed by atoms with Gasteiger partial charge in [-0.2, -0.15) is 13.2 Å². The van der Waals surface area contributed by atoms with E-state index in [1.165, 1.54) is 25.5 Å². The first-order valence-electron chi connectivity index (χ1n) is 10.4. The van der Waals surface area contributed by atoms with Gasteiger partial charge in [0.25, 0.3) is 11.5 Å². The molecule has 3 aromatic rings. The molecule has 12 heteroatoms. The number of halogens is 6. The molecule has 1 N–H and O–H groups in total. The average molecular weight is 542 g/mol. The van der Waals surface area contributed by atoms with E-state index in [0.717, 1.165) is 12.1 Å². The van der Waals surface area contributed by atoms with Gasteiger partial charge >= 0.3 is 6.18 Å². The summed E-state index contributed by atoms with van der Waals surface area (Å²) >= 11 is 11.5. The Kier molecular flexibility index (Phi) is 7.10. The van der Waals surface area contributed by atoms with Crippen LogP contribution in [0.25, 0.3) is 10.8 Å². The van der Waals surface area contributed by atoms with Gasteiger partial charge in [0.1, 0.15) is 7.11 Å². The highest BCUT2D eigenvalue weighted by Gasteiger charge is 2.62. The van der Waals surface area contributed by atoms with Crippen LogP contribution >= 0.6 is 23.2 Å². The number of alkyl halides is 3. The normalized spacial score (nSPS) is 17.8. The zero-order valence-corrected chi connectivity index (χ0v) is 20.0. The molecule has 4 rings (SSSR count). The number of nitrogens with one attached hydrogen (secondary N) is 1. The number of nitrogens with zero attached hydrogens (tertiary/aromatic N) is 2. The zero-order chi connectivity index (χ0) is 26.1. The molecule has 0 spiro atoms. The van der Waals surface area contributed by atoms with Gasteiger partial charge in [0.05, 0.1) is 28.5 Å². The quantitative estimate of drug-likeness (QED) is 0.174. The van der Waals surface area contributed by atoms with Gasteiger partial charge in [-0.25, -0.2) is 4.39 Å². The third kappa shape index (κ3) is 4.58. The van der Waals surface area contributed by atoms with Gasteiger partial charge in [-0.1, -0.05) is 63.8 Å². The molecule has 0 fully saturated rings. The van der Waals surface area contributed by atoms with Crippen molar-refractivity contribution in [2.45, 2.75) is 18.2 Å². The van der Waals surface area contributed by atoms with Gasteiger partial charge in [0.15, 0.2) is 5.82 Å². The maximum atomic E-state index is 14.4. The maximum Gasteiger partial charge on any atom is 0.435 e. The Hall–Kier alpha value is -3.37. The molecular weight excluding hydrogens is 525 g/mol. The van der Waals surface area contributed by atoms with E-state index < -0.39 is 45.5 Å². The van der Waals surface area contributed by atoms with Gasteiger partial charge in [0.2, 0.25) is 0 Å². The lowest BCUT2D eigenvalue weighted by atomic mass is 9.85. The molecule has 0 aromatic heterocycles. The highest BCUT2D eigenvalue weighted by Crippen LogP contribution is 2.50. The number of amides is 1. The number of hydrogen-bond acceptors (Lipinski definition) is 5. The SMILES string of the molecule is CON=CCNC(=O)c1ccc(C2=NOC(c3cc(Cl)c(F)c(Cl)c3)(C(F)(F)F)C2)c2ccccc12. The summed E-state index contributed by atoms with van der Waals surface area (Å²) in [6.45, 7) is 0.111. The number of oxime groups is 2. The lowest BCUT2D eigenvalue weighted by molar-refractivity contribution is -0.275. The molecule has 1 unspecified atom stereocenters. The molecule has 1 aliphatic rings. The molecule has 0 bridgehead atoms. The van der Waals surface area contributed by atoms with E-state index in [0.29, 0.717) is 21.9 Å². The van der Waals surface area contributed by atoms with Crippen LogP contribution in [0.4, 0.5) is 17.6 Å². The minimum absolute atomic E-state index is 0.0146. The van der Waals surface area contributed by atoms with Gasteiger partial charge in [0, 0.05) is 23.1 Å². The number of rotatable bonds is 6. The number of carbonyl (C=O) groups excluding carboxylic acids is 1. The fourth-order valence-electron chi connectivity index (χ4n) is 3.93. The Balaban J connectivity index is 1.73. The molecule has 1 amide bonds. The van der Waals surface area contributed by atoms with Gasteiger partial charge < -0.3 is 15.0 Å². The lowest BCUT2D eigenvalue weighted by Crippen LogP contribution is -2.42. The van der Waals surface area contributed by atoms with E-state index in [1.54, 1.807) is 24.3 Å². The van der Waals surface area contributed by atoms with E-state index in [4.69, 9.17) is 28.0 Å². The van der Waals surface area contributed by atoms with E-state index >= 15 is 0 Å². The van der Waals surface area contributed by atoms with Crippen molar-refractivity contribution in [3.63, 3.8) is 0 Å². The second-order valence-electron chi connectivity index (χ2n) is 7.77.